The van der Waals surface area contributed by atoms with E-state index in [1.807, 2.05) is 6.07 Å². The predicted molar refractivity (Wildman–Crippen MR) is 79.2 cm³/mol. The lowest BCUT2D eigenvalue weighted by atomic mass is 10.2. The van der Waals surface area contributed by atoms with Crippen molar-refractivity contribution in [3.63, 3.8) is 0 Å². The Bertz CT molecular complexity index is 403. The van der Waals surface area contributed by atoms with Crippen LogP contribution in [0.3, 0.4) is 0 Å². The standard InChI is InChI=1S/C14H24N4O2/c1-4-11-9-20-7-6-18(11)14-8-12(15-5-2)16-13(17-14)10-19-3/h8,11H,4-7,9-10H2,1-3H3,(H,15,16,17). The molecule has 0 radical (unpaired) electrons. The number of rotatable bonds is 6. The number of anilines is 2. The quantitative estimate of drug-likeness (QED) is 0.855. The van der Waals surface area contributed by atoms with Crippen molar-refractivity contribution in [3.05, 3.63) is 11.9 Å². The molecule has 6 nitrogen and oxygen atoms in total. The minimum absolute atomic E-state index is 0.378. The molecule has 0 aliphatic carbocycles. The third-order valence-electron chi connectivity index (χ3n) is 3.38. The highest BCUT2D eigenvalue weighted by molar-refractivity contribution is 5.50. The first-order valence-corrected chi connectivity index (χ1v) is 7.23. The molecule has 2 rings (SSSR count). The van der Waals surface area contributed by atoms with Gasteiger partial charge in [0.2, 0.25) is 0 Å². The SMILES string of the molecule is CCNc1cc(N2CCOCC2CC)nc(COC)n1. The van der Waals surface area contributed by atoms with Gasteiger partial charge in [-0.15, -0.1) is 0 Å². The number of ether oxygens (including phenoxy) is 2. The number of methoxy groups -OCH3 is 1. The van der Waals surface area contributed by atoms with E-state index in [0.29, 0.717) is 18.5 Å². The molecule has 112 valence electrons. The Labute approximate surface area is 120 Å². The summed E-state index contributed by atoms with van der Waals surface area (Å²) >= 11 is 0. The van der Waals surface area contributed by atoms with Crippen LogP contribution in [-0.4, -0.2) is 49.4 Å². The third-order valence-corrected chi connectivity index (χ3v) is 3.38. The fraction of sp³-hybridized carbons (Fsp3) is 0.714. The summed E-state index contributed by atoms with van der Waals surface area (Å²) in [6.07, 6.45) is 1.04. The normalized spacial score (nSPS) is 19.1. The molecule has 1 aliphatic heterocycles. The maximum atomic E-state index is 5.55. The molecule has 0 spiro atoms. The molecule has 1 aromatic heterocycles. The highest BCUT2D eigenvalue weighted by Crippen LogP contribution is 2.22. The molecule has 1 fully saturated rings. The van der Waals surface area contributed by atoms with Crippen molar-refractivity contribution in [2.75, 3.05) is 43.6 Å². The summed E-state index contributed by atoms with van der Waals surface area (Å²) in [6, 6.07) is 2.39. The molecule has 20 heavy (non-hydrogen) atoms. The van der Waals surface area contributed by atoms with Crippen molar-refractivity contribution < 1.29 is 9.47 Å². The summed E-state index contributed by atoms with van der Waals surface area (Å²) in [4.78, 5) is 11.4. The minimum Gasteiger partial charge on any atom is -0.377 e. The molecule has 1 unspecified atom stereocenters. The van der Waals surface area contributed by atoms with E-state index in [-0.39, 0.29) is 0 Å². The molecule has 0 amide bonds. The Kier molecular flexibility index (Phi) is 5.55. The van der Waals surface area contributed by atoms with Crippen LogP contribution in [0.5, 0.6) is 0 Å². The summed E-state index contributed by atoms with van der Waals surface area (Å²) in [5.74, 6) is 2.52. The molecule has 1 aliphatic rings. The lowest BCUT2D eigenvalue weighted by molar-refractivity contribution is 0.0924. The molecule has 6 heteroatoms. The monoisotopic (exact) mass is 280 g/mol. The second-order valence-corrected chi connectivity index (χ2v) is 4.82. The first-order chi connectivity index (χ1) is 9.78. The zero-order valence-electron chi connectivity index (χ0n) is 12.6. The highest BCUT2D eigenvalue weighted by atomic mass is 16.5. The van der Waals surface area contributed by atoms with E-state index in [0.717, 1.165) is 44.4 Å². The van der Waals surface area contributed by atoms with Gasteiger partial charge in [0.1, 0.15) is 18.2 Å². The van der Waals surface area contributed by atoms with Crippen LogP contribution in [0.2, 0.25) is 0 Å². The Morgan fingerprint density at radius 1 is 1.45 bits per heavy atom. The van der Waals surface area contributed by atoms with Gasteiger partial charge in [-0.3, -0.25) is 0 Å². The van der Waals surface area contributed by atoms with Gasteiger partial charge >= 0.3 is 0 Å². The van der Waals surface area contributed by atoms with Crippen molar-refractivity contribution in [3.8, 4) is 0 Å². The van der Waals surface area contributed by atoms with E-state index in [4.69, 9.17) is 9.47 Å². The number of aromatic nitrogens is 2. The van der Waals surface area contributed by atoms with E-state index >= 15 is 0 Å². The van der Waals surface area contributed by atoms with E-state index in [1.165, 1.54) is 0 Å². The molecule has 1 N–H and O–H groups in total. The summed E-state index contributed by atoms with van der Waals surface area (Å²) in [7, 11) is 1.66. The van der Waals surface area contributed by atoms with Gasteiger partial charge in [0.25, 0.3) is 0 Å². The molecule has 1 saturated heterocycles. The largest absolute Gasteiger partial charge is 0.377 e. The van der Waals surface area contributed by atoms with Gasteiger partial charge in [0.05, 0.1) is 19.3 Å². The molecule has 2 heterocycles. The van der Waals surface area contributed by atoms with Crippen molar-refractivity contribution in [1.82, 2.24) is 9.97 Å². The Morgan fingerprint density at radius 3 is 3.00 bits per heavy atom. The van der Waals surface area contributed by atoms with Crippen LogP contribution < -0.4 is 10.2 Å². The maximum absolute atomic E-state index is 5.55. The first-order valence-electron chi connectivity index (χ1n) is 7.23. The first kappa shape index (κ1) is 15.0. The summed E-state index contributed by atoms with van der Waals surface area (Å²) in [5, 5.41) is 3.25. The fourth-order valence-corrected chi connectivity index (χ4v) is 2.39. The summed E-state index contributed by atoms with van der Waals surface area (Å²) < 4.78 is 10.7. The average molecular weight is 280 g/mol. The molecular formula is C14H24N4O2. The highest BCUT2D eigenvalue weighted by Gasteiger charge is 2.23. The van der Waals surface area contributed by atoms with Gasteiger partial charge in [-0.1, -0.05) is 6.92 Å². The summed E-state index contributed by atoms with van der Waals surface area (Å²) in [5.41, 5.74) is 0. The number of hydrogen-bond donors (Lipinski definition) is 1. The van der Waals surface area contributed by atoms with Gasteiger partial charge in [-0.05, 0) is 13.3 Å². The van der Waals surface area contributed by atoms with Crippen LogP contribution in [0.25, 0.3) is 0 Å². The number of nitrogens with one attached hydrogen (secondary N) is 1. The number of hydrogen-bond acceptors (Lipinski definition) is 6. The van der Waals surface area contributed by atoms with Crippen LogP contribution in [0, 0.1) is 0 Å². The Hall–Kier alpha value is -1.40. The molecule has 0 bridgehead atoms. The second kappa shape index (κ2) is 7.40. The molecular weight excluding hydrogens is 256 g/mol. The predicted octanol–water partition coefficient (Wildman–Crippen LogP) is 1.67. The van der Waals surface area contributed by atoms with Crippen molar-refractivity contribution >= 4 is 11.6 Å². The number of morpholine rings is 1. The van der Waals surface area contributed by atoms with E-state index in [9.17, 15) is 0 Å². The van der Waals surface area contributed by atoms with Crippen LogP contribution >= 0.6 is 0 Å². The van der Waals surface area contributed by atoms with Crippen LogP contribution in [0.4, 0.5) is 11.6 Å². The molecule has 0 saturated carbocycles. The fourth-order valence-electron chi connectivity index (χ4n) is 2.39. The summed E-state index contributed by atoms with van der Waals surface area (Å²) in [6.45, 7) is 7.87. The minimum atomic E-state index is 0.378. The lowest BCUT2D eigenvalue weighted by Gasteiger charge is -2.36. The van der Waals surface area contributed by atoms with Gasteiger partial charge in [-0.2, -0.15) is 0 Å². The number of nitrogens with zero attached hydrogens (tertiary/aromatic N) is 3. The smallest absolute Gasteiger partial charge is 0.158 e. The maximum Gasteiger partial charge on any atom is 0.158 e. The topological polar surface area (TPSA) is 59.5 Å². The van der Waals surface area contributed by atoms with E-state index in [2.05, 4.69) is 34.0 Å². The Balaban J connectivity index is 2.27. The Morgan fingerprint density at radius 2 is 2.30 bits per heavy atom. The molecule has 1 atom stereocenters. The van der Waals surface area contributed by atoms with Crippen molar-refractivity contribution in [2.24, 2.45) is 0 Å². The van der Waals surface area contributed by atoms with Crippen molar-refractivity contribution in [2.45, 2.75) is 32.9 Å². The zero-order chi connectivity index (χ0) is 14.4. The van der Waals surface area contributed by atoms with Crippen LogP contribution in [0.1, 0.15) is 26.1 Å². The zero-order valence-corrected chi connectivity index (χ0v) is 12.6. The second-order valence-electron chi connectivity index (χ2n) is 4.82. The lowest BCUT2D eigenvalue weighted by Crippen LogP contribution is -2.45. The van der Waals surface area contributed by atoms with Gasteiger partial charge in [-0.25, -0.2) is 9.97 Å². The van der Waals surface area contributed by atoms with Gasteiger partial charge in [0.15, 0.2) is 5.82 Å². The van der Waals surface area contributed by atoms with Crippen LogP contribution in [-0.2, 0) is 16.1 Å². The van der Waals surface area contributed by atoms with Crippen molar-refractivity contribution in [1.29, 1.82) is 0 Å². The van der Waals surface area contributed by atoms with E-state index < -0.39 is 0 Å². The van der Waals surface area contributed by atoms with E-state index in [1.54, 1.807) is 7.11 Å². The third kappa shape index (κ3) is 3.58. The van der Waals surface area contributed by atoms with Crippen LogP contribution in [0.15, 0.2) is 6.07 Å². The molecule has 1 aromatic rings. The van der Waals surface area contributed by atoms with Gasteiger partial charge in [0, 0.05) is 26.3 Å². The molecule has 0 aromatic carbocycles. The average Bonchev–Trinajstić information content (AvgIpc) is 2.47. The van der Waals surface area contributed by atoms with Gasteiger partial charge < -0.3 is 19.7 Å².